The van der Waals surface area contributed by atoms with Gasteiger partial charge in [0.05, 0.1) is 0 Å². The molecule has 0 heterocycles. The third-order valence-electron chi connectivity index (χ3n) is 2.57. The molecule has 5 heteroatoms. The van der Waals surface area contributed by atoms with E-state index in [1.807, 2.05) is 0 Å². The van der Waals surface area contributed by atoms with E-state index in [2.05, 4.69) is 10.6 Å². The Balaban J connectivity index is 0. The van der Waals surface area contributed by atoms with Crippen LogP contribution in [-0.2, 0) is 0 Å². The fourth-order valence-electron chi connectivity index (χ4n) is 1.55. The highest BCUT2D eigenvalue weighted by Gasteiger charge is 1.90. The van der Waals surface area contributed by atoms with E-state index in [0.29, 0.717) is 0 Å². The van der Waals surface area contributed by atoms with Crippen LogP contribution in [0.5, 0.6) is 0 Å². The Morgan fingerprint density at radius 2 is 0.941 bits per heavy atom. The molecule has 17 heavy (non-hydrogen) atoms. The van der Waals surface area contributed by atoms with Gasteiger partial charge in [-0.05, 0) is 71.4 Å². The lowest BCUT2D eigenvalue weighted by atomic mass is 10.2. The predicted octanol–water partition coefficient (Wildman–Crippen LogP) is 0.845. The molecule has 0 amide bonds. The summed E-state index contributed by atoms with van der Waals surface area (Å²) in [5.74, 6) is 0. The highest BCUT2D eigenvalue weighted by Crippen LogP contribution is 1.90. The fraction of sp³-hybridized carbons (Fsp3) is 1.00. The molecule has 0 radical (unpaired) electrons. The Bertz CT molecular complexity index is 111. The highest BCUT2D eigenvalue weighted by molar-refractivity contribution is 5.85. The maximum absolute atomic E-state index is 5.42. The molecular formula is C12H31ClN4. The number of rotatable bonds is 13. The number of unbranched alkanes of at least 4 members (excludes halogenated alkanes) is 3. The Hall–Kier alpha value is 0.130. The third kappa shape index (κ3) is 18.7. The molecule has 0 aromatic carbocycles. The van der Waals surface area contributed by atoms with Gasteiger partial charge in [-0.3, -0.25) is 0 Å². The first-order chi connectivity index (χ1) is 7.91. The van der Waals surface area contributed by atoms with Gasteiger partial charge in [0, 0.05) is 0 Å². The van der Waals surface area contributed by atoms with Gasteiger partial charge in [0.1, 0.15) is 0 Å². The molecule has 0 aliphatic rings. The van der Waals surface area contributed by atoms with Gasteiger partial charge in [-0.15, -0.1) is 12.4 Å². The van der Waals surface area contributed by atoms with E-state index >= 15 is 0 Å². The summed E-state index contributed by atoms with van der Waals surface area (Å²) in [4.78, 5) is 0. The van der Waals surface area contributed by atoms with Crippen LogP contribution in [0.3, 0.4) is 0 Å². The summed E-state index contributed by atoms with van der Waals surface area (Å²) in [5, 5.41) is 6.86. The summed E-state index contributed by atoms with van der Waals surface area (Å²) < 4.78 is 0. The van der Waals surface area contributed by atoms with Crippen molar-refractivity contribution in [2.45, 2.75) is 38.5 Å². The van der Waals surface area contributed by atoms with Crippen LogP contribution in [-0.4, -0.2) is 39.3 Å². The minimum Gasteiger partial charge on any atom is -0.330 e. The molecule has 4 nitrogen and oxygen atoms in total. The zero-order chi connectivity index (χ0) is 11.9. The standard InChI is InChI=1S/C12H30N4.ClH/c13-7-2-1-4-9-15-11-6-12-16-10-5-3-8-14;/h15-16H,1-14H2;1H. The zero-order valence-electron chi connectivity index (χ0n) is 11.0. The Kier molecular flexibility index (Phi) is 21.2. The van der Waals surface area contributed by atoms with Crippen molar-refractivity contribution in [3.05, 3.63) is 0 Å². The Labute approximate surface area is 113 Å². The molecule has 0 spiro atoms. The van der Waals surface area contributed by atoms with Crippen LogP contribution >= 0.6 is 12.4 Å². The molecule has 0 aliphatic carbocycles. The van der Waals surface area contributed by atoms with E-state index in [9.17, 15) is 0 Å². The number of nitrogens with two attached hydrogens (primary N) is 2. The van der Waals surface area contributed by atoms with Crippen molar-refractivity contribution in [2.24, 2.45) is 11.5 Å². The van der Waals surface area contributed by atoms with Crippen molar-refractivity contribution >= 4 is 12.4 Å². The van der Waals surface area contributed by atoms with Gasteiger partial charge in [-0.25, -0.2) is 0 Å². The molecule has 0 saturated heterocycles. The molecule has 0 rings (SSSR count). The summed E-state index contributed by atoms with van der Waals surface area (Å²) >= 11 is 0. The lowest BCUT2D eigenvalue weighted by Gasteiger charge is -2.06. The van der Waals surface area contributed by atoms with E-state index < -0.39 is 0 Å². The van der Waals surface area contributed by atoms with Crippen molar-refractivity contribution in [1.29, 1.82) is 0 Å². The number of nitrogens with one attached hydrogen (secondary N) is 2. The first kappa shape index (κ1) is 19.5. The molecule has 0 fully saturated rings. The van der Waals surface area contributed by atoms with Gasteiger partial charge >= 0.3 is 0 Å². The molecule has 106 valence electrons. The summed E-state index contributed by atoms with van der Waals surface area (Å²) in [6.45, 7) is 6.10. The maximum atomic E-state index is 5.42. The van der Waals surface area contributed by atoms with Gasteiger partial charge in [0.15, 0.2) is 0 Å². The molecule has 0 saturated carbocycles. The first-order valence-corrected chi connectivity index (χ1v) is 6.73. The van der Waals surface area contributed by atoms with Gasteiger partial charge < -0.3 is 22.1 Å². The monoisotopic (exact) mass is 266 g/mol. The summed E-state index contributed by atoms with van der Waals surface area (Å²) in [7, 11) is 0. The van der Waals surface area contributed by atoms with E-state index in [0.717, 1.165) is 52.1 Å². The van der Waals surface area contributed by atoms with E-state index in [1.54, 1.807) is 0 Å². The van der Waals surface area contributed by atoms with Gasteiger partial charge in [0.2, 0.25) is 0 Å². The third-order valence-corrected chi connectivity index (χ3v) is 2.57. The normalized spacial score (nSPS) is 10.2. The lowest BCUT2D eigenvalue weighted by molar-refractivity contribution is 0.559. The average Bonchev–Trinajstić information content (AvgIpc) is 2.31. The second-order valence-corrected chi connectivity index (χ2v) is 4.20. The van der Waals surface area contributed by atoms with Crippen LogP contribution in [0.2, 0.25) is 0 Å². The van der Waals surface area contributed by atoms with Gasteiger partial charge in [-0.1, -0.05) is 6.42 Å². The van der Waals surface area contributed by atoms with E-state index in [4.69, 9.17) is 11.5 Å². The van der Waals surface area contributed by atoms with Crippen LogP contribution < -0.4 is 22.1 Å². The summed E-state index contributed by atoms with van der Waals surface area (Å²) in [5.41, 5.74) is 10.8. The number of hydrogen-bond donors (Lipinski definition) is 4. The second-order valence-electron chi connectivity index (χ2n) is 4.20. The van der Waals surface area contributed by atoms with Crippen LogP contribution in [0.1, 0.15) is 38.5 Å². The van der Waals surface area contributed by atoms with Crippen molar-refractivity contribution in [1.82, 2.24) is 10.6 Å². The van der Waals surface area contributed by atoms with Crippen LogP contribution in [0, 0.1) is 0 Å². The lowest BCUT2D eigenvalue weighted by Crippen LogP contribution is -2.23. The molecule has 0 aromatic rings. The second kappa shape index (κ2) is 18.5. The zero-order valence-corrected chi connectivity index (χ0v) is 11.9. The van der Waals surface area contributed by atoms with Crippen LogP contribution in [0.15, 0.2) is 0 Å². The minimum absolute atomic E-state index is 0. The fourth-order valence-corrected chi connectivity index (χ4v) is 1.55. The average molecular weight is 267 g/mol. The quantitative estimate of drug-likeness (QED) is 0.373. The van der Waals surface area contributed by atoms with Gasteiger partial charge in [-0.2, -0.15) is 0 Å². The van der Waals surface area contributed by atoms with E-state index in [-0.39, 0.29) is 12.4 Å². The van der Waals surface area contributed by atoms with E-state index in [1.165, 1.54) is 25.7 Å². The Morgan fingerprint density at radius 3 is 1.47 bits per heavy atom. The highest BCUT2D eigenvalue weighted by atomic mass is 35.5. The van der Waals surface area contributed by atoms with Crippen molar-refractivity contribution in [3.63, 3.8) is 0 Å². The SMILES string of the molecule is Cl.NCCCCCNCCCNCCCCN. The molecular weight excluding hydrogens is 236 g/mol. The first-order valence-electron chi connectivity index (χ1n) is 6.73. The Morgan fingerprint density at radius 1 is 0.529 bits per heavy atom. The molecule has 0 aliphatic heterocycles. The largest absolute Gasteiger partial charge is 0.330 e. The van der Waals surface area contributed by atoms with Crippen LogP contribution in [0.25, 0.3) is 0 Å². The molecule has 0 atom stereocenters. The summed E-state index contributed by atoms with van der Waals surface area (Å²) in [6.07, 6.45) is 7.20. The molecule has 0 aromatic heterocycles. The maximum Gasteiger partial charge on any atom is -0.00368 e. The van der Waals surface area contributed by atoms with Crippen molar-refractivity contribution < 1.29 is 0 Å². The summed E-state index contributed by atoms with van der Waals surface area (Å²) in [6, 6.07) is 0. The topological polar surface area (TPSA) is 76.1 Å². The van der Waals surface area contributed by atoms with Gasteiger partial charge in [0.25, 0.3) is 0 Å². The molecule has 0 bridgehead atoms. The smallest absolute Gasteiger partial charge is 0.00368 e. The van der Waals surface area contributed by atoms with Crippen LogP contribution in [0.4, 0.5) is 0 Å². The molecule has 6 N–H and O–H groups in total. The predicted molar refractivity (Wildman–Crippen MR) is 78.8 cm³/mol. The molecule has 0 unspecified atom stereocenters. The van der Waals surface area contributed by atoms with Crippen molar-refractivity contribution in [3.8, 4) is 0 Å². The minimum atomic E-state index is 0. The number of hydrogen-bond acceptors (Lipinski definition) is 4. The number of halogens is 1. The van der Waals surface area contributed by atoms with Crippen molar-refractivity contribution in [2.75, 3.05) is 39.3 Å².